The first-order chi connectivity index (χ1) is 13.7. The van der Waals surface area contributed by atoms with Crippen molar-refractivity contribution in [3.8, 4) is 11.5 Å². The third kappa shape index (κ3) is 5.49. The maximum absolute atomic E-state index is 12.5. The maximum atomic E-state index is 12.5. The molecule has 1 amide bonds. The van der Waals surface area contributed by atoms with Gasteiger partial charge in [-0.1, -0.05) is 24.3 Å². The van der Waals surface area contributed by atoms with E-state index in [2.05, 4.69) is 22.3 Å². The number of hydrogen-bond donors (Lipinski definition) is 1. The van der Waals surface area contributed by atoms with Crippen LogP contribution in [-0.2, 0) is 11.2 Å². The second-order valence-electron chi connectivity index (χ2n) is 7.19. The van der Waals surface area contributed by atoms with Gasteiger partial charge < -0.3 is 14.8 Å². The van der Waals surface area contributed by atoms with Gasteiger partial charge in [0.15, 0.2) is 0 Å². The number of hydrogen-bond acceptors (Lipinski definition) is 4. The third-order valence-electron chi connectivity index (χ3n) is 5.33. The van der Waals surface area contributed by atoms with Crippen molar-refractivity contribution >= 4 is 5.91 Å². The Morgan fingerprint density at radius 1 is 1.04 bits per heavy atom. The Hall–Kier alpha value is -2.53. The molecule has 0 spiro atoms. The van der Waals surface area contributed by atoms with Gasteiger partial charge in [0.1, 0.15) is 11.5 Å². The first-order valence-electron chi connectivity index (χ1n) is 9.97. The van der Waals surface area contributed by atoms with E-state index in [1.807, 2.05) is 36.4 Å². The molecule has 1 atom stereocenters. The fourth-order valence-corrected chi connectivity index (χ4v) is 3.74. The van der Waals surface area contributed by atoms with Crippen molar-refractivity contribution in [3.63, 3.8) is 0 Å². The van der Waals surface area contributed by atoms with Crippen LogP contribution in [0.4, 0.5) is 0 Å². The Labute approximate surface area is 167 Å². The summed E-state index contributed by atoms with van der Waals surface area (Å²) < 4.78 is 10.6. The summed E-state index contributed by atoms with van der Waals surface area (Å²) in [5, 5.41) is 3.14. The highest BCUT2D eigenvalue weighted by atomic mass is 16.5. The Morgan fingerprint density at radius 3 is 2.43 bits per heavy atom. The van der Waals surface area contributed by atoms with Gasteiger partial charge in [-0.25, -0.2) is 0 Å². The van der Waals surface area contributed by atoms with Gasteiger partial charge in [-0.15, -0.1) is 0 Å². The van der Waals surface area contributed by atoms with E-state index >= 15 is 0 Å². The number of aryl methyl sites for hydroxylation is 1. The van der Waals surface area contributed by atoms with E-state index in [-0.39, 0.29) is 11.9 Å². The van der Waals surface area contributed by atoms with E-state index in [9.17, 15) is 4.79 Å². The normalized spacial score (nSPS) is 15.2. The minimum absolute atomic E-state index is 0.0786. The number of nitrogens with one attached hydrogen (secondary N) is 1. The number of amides is 1. The van der Waals surface area contributed by atoms with Crippen molar-refractivity contribution in [2.45, 2.75) is 31.7 Å². The lowest BCUT2D eigenvalue weighted by molar-refractivity contribution is -0.121. The van der Waals surface area contributed by atoms with Gasteiger partial charge in [0.05, 0.1) is 20.3 Å². The lowest BCUT2D eigenvalue weighted by Gasteiger charge is -2.28. The van der Waals surface area contributed by atoms with Crippen LogP contribution in [0.15, 0.2) is 48.5 Å². The molecule has 1 aliphatic rings. The van der Waals surface area contributed by atoms with Crippen LogP contribution >= 0.6 is 0 Å². The summed E-state index contributed by atoms with van der Waals surface area (Å²) in [6, 6.07) is 16.2. The number of benzene rings is 2. The summed E-state index contributed by atoms with van der Waals surface area (Å²) in [7, 11) is 3.34. The highest BCUT2D eigenvalue weighted by Gasteiger charge is 2.24. The molecule has 150 valence electrons. The van der Waals surface area contributed by atoms with Crippen molar-refractivity contribution in [1.82, 2.24) is 10.2 Å². The second-order valence-corrected chi connectivity index (χ2v) is 7.19. The minimum Gasteiger partial charge on any atom is -0.497 e. The Bertz CT molecular complexity index is 772. The number of nitrogens with zero attached hydrogens (tertiary/aromatic N) is 1. The van der Waals surface area contributed by atoms with Crippen LogP contribution in [0, 0.1) is 0 Å². The van der Waals surface area contributed by atoms with Crippen molar-refractivity contribution in [3.05, 3.63) is 59.7 Å². The first-order valence-corrected chi connectivity index (χ1v) is 9.97. The molecule has 1 saturated heterocycles. The molecule has 1 fully saturated rings. The van der Waals surface area contributed by atoms with E-state index in [0.29, 0.717) is 19.4 Å². The van der Waals surface area contributed by atoms with Gasteiger partial charge in [-0.3, -0.25) is 9.69 Å². The Balaban J connectivity index is 1.58. The lowest BCUT2D eigenvalue weighted by Crippen LogP contribution is -2.36. The van der Waals surface area contributed by atoms with E-state index < -0.39 is 0 Å². The fraction of sp³-hybridized carbons (Fsp3) is 0.435. The monoisotopic (exact) mass is 382 g/mol. The molecule has 1 unspecified atom stereocenters. The minimum atomic E-state index is 0.0786. The number of carbonyl (C=O) groups is 1. The van der Waals surface area contributed by atoms with E-state index in [4.69, 9.17) is 9.47 Å². The third-order valence-corrected chi connectivity index (χ3v) is 5.33. The zero-order chi connectivity index (χ0) is 19.8. The molecular formula is C23H30N2O3. The molecule has 1 N–H and O–H groups in total. The molecule has 0 aromatic heterocycles. The van der Waals surface area contributed by atoms with Crippen LogP contribution in [0.1, 0.15) is 36.4 Å². The highest BCUT2D eigenvalue weighted by Crippen LogP contribution is 2.27. The molecule has 2 aromatic carbocycles. The van der Waals surface area contributed by atoms with Gasteiger partial charge in [-0.05, 0) is 67.7 Å². The van der Waals surface area contributed by atoms with Crippen molar-refractivity contribution in [1.29, 1.82) is 0 Å². The molecule has 2 aromatic rings. The molecule has 0 bridgehead atoms. The summed E-state index contributed by atoms with van der Waals surface area (Å²) in [5.41, 5.74) is 2.30. The van der Waals surface area contributed by atoms with E-state index in [0.717, 1.165) is 30.2 Å². The molecule has 0 saturated carbocycles. The van der Waals surface area contributed by atoms with Crippen LogP contribution in [-0.4, -0.2) is 44.7 Å². The molecule has 0 radical (unpaired) electrons. The predicted octanol–water partition coefficient (Wildman–Crippen LogP) is 3.59. The quantitative estimate of drug-likeness (QED) is 0.720. The topological polar surface area (TPSA) is 50.8 Å². The molecule has 1 heterocycles. The second kappa shape index (κ2) is 10.1. The Morgan fingerprint density at radius 2 is 1.71 bits per heavy atom. The smallest absolute Gasteiger partial charge is 0.220 e. The predicted molar refractivity (Wildman–Crippen MR) is 111 cm³/mol. The first kappa shape index (κ1) is 20.2. The molecule has 5 nitrogen and oxygen atoms in total. The molecule has 1 aliphatic heterocycles. The molecular weight excluding hydrogens is 352 g/mol. The van der Waals surface area contributed by atoms with Gasteiger partial charge in [-0.2, -0.15) is 0 Å². The van der Waals surface area contributed by atoms with Gasteiger partial charge >= 0.3 is 0 Å². The average molecular weight is 383 g/mol. The SMILES string of the molecule is COc1cccc(CCC(=O)NCC(c2cccc(OC)c2)N2CCCC2)c1. The molecule has 3 rings (SSSR count). The average Bonchev–Trinajstić information content (AvgIpc) is 3.27. The van der Waals surface area contributed by atoms with Gasteiger partial charge in [0.25, 0.3) is 0 Å². The maximum Gasteiger partial charge on any atom is 0.220 e. The Kier molecular flexibility index (Phi) is 7.31. The number of carbonyl (C=O) groups excluding carboxylic acids is 1. The number of methoxy groups -OCH3 is 2. The van der Waals surface area contributed by atoms with Gasteiger partial charge in [0.2, 0.25) is 5.91 Å². The highest BCUT2D eigenvalue weighted by molar-refractivity contribution is 5.76. The van der Waals surface area contributed by atoms with E-state index in [1.54, 1.807) is 14.2 Å². The molecule has 0 aliphatic carbocycles. The zero-order valence-corrected chi connectivity index (χ0v) is 16.8. The van der Waals surface area contributed by atoms with Crippen LogP contribution in [0.2, 0.25) is 0 Å². The zero-order valence-electron chi connectivity index (χ0n) is 16.8. The number of ether oxygens (including phenoxy) is 2. The van der Waals surface area contributed by atoms with Crippen LogP contribution in [0.3, 0.4) is 0 Å². The van der Waals surface area contributed by atoms with Gasteiger partial charge in [0, 0.05) is 13.0 Å². The lowest BCUT2D eigenvalue weighted by atomic mass is 10.0. The van der Waals surface area contributed by atoms with Crippen molar-refractivity contribution in [2.75, 3.05) is 33.9 Å². The number of rotatable bonds is 9. The summed E-state index contributed by atoms with van der Waals surface area (Å²) in [6.07, 6.45) is 3.60. The van der Waals surface area contributed by atoms with Crippen molar-refractivity contribution in [2.24, 2.45) is 0 Å². The summed E-state index contributed by atoms with van der Waals surface area (Å²) in [6.45, 7) is 2.76. The summed E-state index contributed by atoms with van der Waals surface area (Å²) in [5.74, 6) is 1.76. The summed E-state index contributed by atoms with van der Waals surface area (Å²) >= 11 is 0. The standard InChI is InChI=1S/C23H30N2O3/c1-27-20-9-5-7-18(15-20)11-12-23(26)24-17-22(25-13-3-4-14-25)19-8-6-10-21(16-19)28-2/h5-10,15-16,22H,3-4,11-14,17H2,1-2H3,(H,24,26). The fourth-order valence-electron chi connectivity index (χ4n) is 3.74. The van der Waals surface area contributed by atoms with E-state index in [1.165, 1.54) is 18.4 Å². The largest absolute Gasteiger partial charge is 0.497 e. The summed E-state index contributed by atoms with van der Waals surface area (Å²) in [4.78, 5) is 14.9. The van der Waals surface area contributed by atoms with Crippen molar-refractivity contribution < 1.29 is 14.3 Å². The van der Waals surface area contributed by atoms with Crippen LogP contribution in [0.25, 0.3) is 0 Å². The molecule has 5 heteroatoms. The molecule has 28 heavy (non-hydrogen) atoms. The van der Waals surface area contributed by atoms with Crippen LogP contribution < -0.4 is 14.8 Å². The number of likely N-dealkylation sites (tertiary alicyclic amines) is 1. The van der Waals surface area contributed by atoms with Crippen LogP contribution in [0.5, 0.6) is 11.5 Å².